The average Bonchev–Trinajstić information content (AvgIpc) is 3.06. The van der Waals surface area contributed by atoms with E-state index in [9.17, 15) is 0 Å². The van der Waals surface area contributed by atoms with E-state index in [4.69, 9.17) is 0 Å². The second kappa shape index (κ2) is 6.73. The molecule has 1 unspecified atom stereocenters. The fourth-order valence-electron chi connectivity index (χ4n) is 2.78. The molecule has 0 saturated carbocycles. The first-order valence-electron chi connectivity index (χ1n) is 7.37. The maximum Gasteiger partial charge on any atom is 0.0776 e. The minimum absolute atomic E-state index is 0.361. The van der Waals surface area contributed by atoms with Gasteiger partial charge >= 0.3 is 0 Å². The molecule has 1 aliphatic carbocycles. The van der Waals surface area contributed by atoms with Gasteiger partial charge in [-0.25, -0.2) is 0 Å². The molecule has 1 nitrogen and oxygen atoms in total. The van der Waals surface area contributed by atoms with Gasteiger partial charge in [-0.15, -0.1) is 22.7 Å². The molecule has 0 radical (unpaired) electrons. The zero-order valence-corrected chi connectivity index (χ0v) is 15.0. The maximum atomic E-state index is 3.73. The van der Waals surface area contributed by atoms with Crippen molar-refractivity contribution in [3.05, 3.63) is 42.2 Å². The summed E-state index contributed by atoms with van der Waals surface area (Å²) in [7, 11) is 0. The lowest BCUT2D eigenvalue weighted by atomic mass is 9.98. The molecule has 2 aromatic rings. The van der Waals surface area contributed by atoms with Crippen LogP contribution >= 0.6 is 38.6 Å². The molecule has 1 aliphatic rings. The molecular formula is C16H20BrNS2. The number of fused-ring (bicyclic) bond motifs is 1. The summed E-state index contributed by atoms with van der Waals surface area (Å²) in [6, 6.07) is 4.98. The lowest BCUT2D eigenvalue weighted by Gasteiger charge is -2.16. The lowest BCUT2D eigenvalue weighted by molar-refractivity contribution is 0.611. The molecule has 108 valence electrons. The Hall–Kier alpha value is -0.160. The van der Waals surface area contributed by atoms with Gasteiger partial charge in [0.1, 0.15) is 0 Å². The molecule has 2 aromatic heterocycles. The number of rotatable bonds is 5. The molecule has 20 heavy (non-hydrogen) atoms. The third-order valence-electron chi connectivity index (χ3n) is 3.81. The smallest absolute Gasteiger partial charge is 0.0776 e. The predicted octanol–water partition coefficient (Wildman–Crippen LogP) is 5.54. The molecule has 1 N–H and O–H groups in total. The standard InChI is InChI=1S/C16H20BrNS2/c1-2-8-18-15(16-12(17)7-9-19-16)14-10-11-5-3-4-6-13(11)20-14/h7,9-10,15,18H,2-6,8H2,1H3. The minimum atomic E-state index is 0.361. The van der Waals surface area contributed by atoms with Crippen LogP contribution in [0.3, 0.4) is 0 Å². The number of thiophene rings is 2. The van der Waals surface area contributed by atoms with Gasteiger partial charge in [-0.3, -0.25) is 0 Å². The molecule has 2 heterocycles. The minimum Gasteiger partial charge on any atom is -0.305 e. The fourth-order valence-corrected chi connectivity index (χ4v) is 5.89. The topological polar surface area (TPSA) is 12.0 Å². The zero-order chi connectivity index (χ0) is 13.9. The van der Waals surface area contributed by atoms with Crippen molar-refractivity contribution in [2.75, 3.05) is 6.54 Å². The Kier molecular flexibility index (Phi) is 4.97. The summed E-state index contributed by atoms with van der Waals surface area (Å²) in [6.07, 6.45) is 6.45. The number of halogens is 1. The first kappa shape index (κ1) is 14.8. The molecular weight excluding hydrogens is 350 g/mol. The van der Waals surface area contributed by atoms with Crippen LogP contribution in [0.4, 0.5) is 0 Å². The van der Waals surface area contributed by atoms with Crippen LogP contribution in [0.15, 0.2) is 22.0 Å². The quantitative estimate of drug-likeness (QED) is 0.729. The highest BCUT2D eigenvalue weighted by molar-refractivity contribution is 9.10. The third kappa shape index (κ3) is 3.03. The number of nitrogens with one attached hydrogen (secondary N) is 1. The lowest BCUT2D eigenvalue weighted by Crippen LogP contribution is -2.21. The second-order valence-corrected chi connectivity index (χ2v) is 8.29. The Balaban J connectivity index is 1.92. The van der Waals surface area contributed by atoms with E-state index in [1.165, 1.54) is 46.3 Å². The van der Waals surface area contributed by atoms with Crippen molar-refractivity contribution in [2.45, 2.75) is 45.1 Å². The number of hydrogen-bond acceptors (Lipinski definition) is 3. The van der Waals surface area contributed by atoms with Crippen molar-refractivity contribution in [3.8, 4) is 0 Å². The Labute approximate surface area is 137 Å². The van der Waals surface area contributed by atoms with Crippen molar-refractivity contribution in [1.82, 2.24) is 5.32 Å². The van der Waals surface area contributed by atoms with E-state index in [2.05, 4.69) is 45.7 Å². The zero-order valence-electron chi connectivity index (χ0n) is 11.7. The van der Waals surface area contributed by atoms with E-state index in [1.807, 2.05) is 22.7 Å². The van der Waals surface area contributed by atoms with Crippen LogP contribution in [-0.2, 0) is 12.8 Å². The summed E-state index contributed by atoms with van der Waals surface area (Å²) in [4.78, 5) is 4.53. The predicted molar refractivity (Wildman–Crippen MR) is 93.1 cm³/mol. The van der Waals surface area contributed by atoms with Crippen LogP contribution in [0.1, 0.15) is 52.4 Å². The highest BCUT2D eigenvalue weighted by Gasteiger charge is 2.22. The molecule has 4 heteroatoms. The Morgan fingerprint density at radius 2 is 2.20 bits per heavy atom. The van der Waals surface area contributed by atoms with E-state index in [0.29, 0.717) is 6.04 Å². The van der Waals surface area contributed by atoms with Crippen molar-refractivity contribution in [3.63, 3.8) is 0 Å². The summed E-state index contributed by atoms with van der Waals surface area (Å²) in [5.41, 5.74) is 1.60. The van der Waals surface area contributed by atoms with Crippen molar-refractivity contribution in [1.29, 1.82) is 0 Å². The highest BCUT2D eigenvalue weighted by Crippen LogP contribution is 2.39. The van der Waals surface area contributed by atoms with Crippen molar-refractivity contribution in [2.24, 2.45) is 0 Å². The molecule has 3 rings (SSSR count). The average molecular weight is 370 g/mol. The molecule has 1 atom stereocenters. The Bertz CT molecular complexity index is 549. The molecule has 0 amide bonds. The van der Waals surface area contributed by atoms with E-state index in [0.717, 1.165) is 6.54 Å². The monoisotopic (exact) mass is 369 g/mol. The van der Waals surface area contributed by atoms with Gasteiger partial charge in [0.25, 0.3) is 0 Å². The molecule has 0 bridgehead atoms. The summed E-state index contributed by atoms with van der Waals surface area (Å²) < 4.78 is 1.24. The van der Waals surface area contributed by atoms with Gasteiger partial charge < -0.3 is 5.32 Å². The van der Waals surface area contributed by atoms with Crippen LogP contribution in [-0.4, -0.2) is 6.54 Å². The van der Waals surface area contributed by atoms with Gasteiger partial charge in [-0.05, 0) is 77.7 Å². The highest BCUT2D eigenvalue weighted by atomic mass is 79.9. The van der Waals surface area contributed by atoms with E-state index < -0.39 is 0 Å². The number of aryl methyl sites for hydroxylation is 2. The SMILES string of the molecule is CCCNC(c1cc2c(s1)CCCC2)c1sccc1Br. The van der Waals surface area contributed by atoms with Gasteiger partial charge in [-0.1, -0.05) is 6.92 Å². The fraction of sp³-hybridized carbons (Fsp3) is 0.500. The first-order valence-corrected chi connectivity index (χ1v) is 9.86. The van der Waals surface area contributed by atoms with E-state index in [1.54, 1.807) is 10.4 Å². The summed E-state index contributed by atoms with van der Waals surface area (Å²) in [6.45, 7) is 3.30. The van der Waals surface area contributed by atoms with Gasteiger partial charge in [0.05, 0.1) is 6.04 Å². The van der Waals surface area contributed by atoms with Gasteiger partial charge in [-0.2, -0.15) is 0 Å². The Morgan fingerprint density at radius 1 is 1.35 bits per heavy atom. The maximum absolute atomic E-state index is 3.73. The summed E-state index contributed by atoms with van der Waals surface area (Å²) in [5.74, 6) is 0. The summed E-state index contributed by atoms with van der Waals surface area (Å²) >= 11 is 7.57. The van der Waals surface area contributed by atoms with E-state index in [-0.39, 0.29) is 0 Å². The van der Waals surface area contributed by atoms with Gasteiger partial charge in [0.15, 0.2) is 0 Å². The third-order valence-corrected chi connectivity index (χ3v) is 7.04. The van der Waals surface area contributed by atoms with Gasteiger partial charge in [0, 0.05) is 19.1 Å². The molecule has 0 aliphatic heterocycles. The Morgan fingerprint density at radius 3 is 2.90 bits per heavy atom. The molecule has 0 saturated heterocycles. The van der Waals surface area contributed by atoms with Crippen LogP contribution in [0.25, 0.3) is 0 Å². The van der Waals surface area contributed by atoms with Crippen LogP contribution in [0.2, 0.25) is 0 Å². The largest absolute Gasteiger partial charge is 0.305 e. The molecule has 0 aromatic carbocycles. The summed E-state index contributed by atoms with van der Waals surface area (Å²) in [5, 5.41) is 5.90. The molecule has 0 spiro atoms. The van der Waals surface area contributed by atoms with E-state index >= 15 is 0 Å². The van der Waals surface area contributed by atoms with Crippen LogP contribution in [0, 0.1) is 0 Å². The van der Waals surface area contributed by atoms with Crippen LogP contribution in [0.5, 0.6) is 0 Å². The van der Waals surface area contributed by atoms with Crippen molar-refractivity contribution >= 4 is 38.6 Å². The molecule has 0 fully saturated rings. The number of hydrogen-bond donors (Lipinski definition) is 1. The van der Waals surface area contributed by atoms with Crippen LogP contribution < -0.4 is 5.32 Å². The normalized spacial score (nSPS) is 16.1. The first-order chi connectivity index (χ1) is 9.79. The van der Waals surface area contributed by atoms with Crippen molar-refractivity contribution < 1.29 is 0 Å². The van der Waals surface area contributed by atoms with Gasteiger partial charge in [0.2, 0.25) is 0 Å². The second-order valence-electron chi connectivity index (χ2n) is 5.32.